The van der Waals surface area contributed by atoms with Crippen LogP contribution in [0.4, 0.5) is 16.2 Å². The maximum absolute atomic E-state index is 12.8. The average Bonchev–Trinajstić information content (AvgIpc) is 2.61. The molecule has 136 valence electrons. The Morgan fingerprint density at radius 2 is 1.85 bits per heavy atom. The second-order valence-corrected chi connectivity index (χ2v) is 6.70. The van der Waals surface area contributed by atoms with Gasteiger partial charge in [0, 0.05) is 42.6 Å². The number of nitrogens with one attached hydrogen (secondary N) is 1. The molecule has 0 aliphatic carbocycles. The first-order valence-corrected chi connectivity index (χ1v) is 8.73. The summed E-state index contributed by atoms with van der Waals surface area (Å²) in [6.07, 6.45) is 0. The summed E-state index contributed by atoms with van der Waals surface area (Å²) in [5.41, 5.74) is 8.71. The van der Waals surface area contributed by atoms with Gasteiger partial charge in [0.05, 0.1) is 0 Å². The molecule has 2 aromatic carbocycles. The van der Waals surface area contributed by atoms with Crippen LogP contribution in [0.5, 0.6) is 0 Å². The molecule has 0 aromatic heterocycles. The minimum atomic E-state index is -0.620. The molecule has 3 rings (SSSR count). The number of carbonyl (C=O) groups excluding carboxylic acids is 2. The Balaban J connectivity index is 1.66. The van der Waals surface area contributed by atoms with Crippen LogP contribution in [0.3, 0.4) is 0 Å². The number of hydrogen-bond acceptors (Lipinski definition) is 3. The standard InChI is InChI=1S/C20H24N4O2/c1-14-4-3-5-18(12-14)24-11-10-23(13-15(24)2)19(25)16-6-8-17(9-7-16)22-20(21)26/h3-9,12,15H,10-11,13H2,1-2H3,(H3,21,22,26)/t15-/m0/s1. The van der Waals surface area contributed by atoms with E-state index >= 15 is 0 Å². The van der Waals surface area contributed by atoms with Gasteiger partial charge >= 0.3 is 6.03 Å². The highest BCUT2D eigenvalue weighted by molar-refractivity contribution is 5.95. The molecule has 3 N–H and O–H groups in total. The number of nitrogens with two attached hydrogens (primary N) is 1. The lowest BCUT2D eigenvalue weighted by Gasteiger charge is -2.41. The fourth-order valence-corrected chi connectivity index (χ4v) is 3.35. The highest BCUT2D eigenvalue weighted by Gasteiger charge is 2.27. The zero-order chi connectivity index (χ0) is 18.7. The number of aryl methyl sites for hydroxylation is 1. The molecule has 1 heterocycles. The van der Waals surface area contributed by atoms with Gasteiger partial charge in [-0.25, -0.2) is 4.79 Å². The topological polar surface area (TPSA) is 78.7 Å². The minimum absolute atomic E-state index is 0.00590. The van der Waals surface area contributed by atoms with E-state index in [1.807, 2.05) is 4.90 Å². The fourth-order valence-electron chi connectivity index (χ4n) is 3.35. The zero-order valence-electron chi connectivity index (χ0n) is 15.1. The van der Waals surface area contributed by atoms with Crippen molar-refractivity contribution in [2.24, 2.45) is 5.73 Å². The van der Waals surface area contributed by atoms with Crippen molar-refractivity contribution in [3.63, 3.8) is 0 Å². The van der Waals surface area contributed by atoms with Crippen molar-refractivity contribution in [2.75, 3.05) is 29.9 Å². The van der Waals surface area contributed by atoms with Gasteiger partial charge in [0.2, 0.25) is 0 Å². The zero-order valence-corrected chi connectivity index (χ0v) is 15.1. The number of urea groups is 1. The van der Waals surface area contributed by atoms with E-state index in [4.69, 9.17) is 5.73 Å². The summed E-state index contributed by atoms with van der Waals surface area (Å²) >= 11 is 0. The predicted molar refractivity (Wildman–Crippen MR) is 104 cm³/mol. The van der Waals surface area contributed by atoms with E-state index in [0.717, 1.165) is 6.54 Å². The third-order valence-electron chi connectivity index (χ3n) is 4.65. The van der Waals surface area contributed by atoms with Crippen molar-refractivity contribution < 1.29 is 9.59 Å². The molecule has 1 aliphatic heterocycles. The Hall–Kier alpha value is -3.02. The van der Waals surface area contributed by atoms with Gasteiger partial charge in [-0.2, -0.15) is 0 Å². The molecule has 0 radical (unpaired) electrons. The second-order valence-electron chi connectivity index (χ2n) is 6.70. The van der Waals surface area contributed by atoms with Crippen LogP contribution in [-0.2, 0) is 0 Å². The number of benzene rings is 2. The maximum atomic E-state index is 12.8. The van der Waals surface area contributed by atoms with E-state index in [2.05, 4.69) is 48.3 Å². The van der Waals surface area contributed by atoms with Gasteiger partial charge in [-0.15, -0.1) is 0 Å². The molecule has 0 unspecified atom stereocenters. The number of rotatable bonds is 3. The van der Waals surface area contributed by atoms with E-state index < -0.39 is 6.03 Å². The van der Waals surface area contributed by atoms with Crippen LogP contribution in [0.15, 0.2) is 48.5 Å². The average molecular weight is 352 g/mol. The largest absolute Gasteiger partial charge is 0.365 e. The quantitative estimate of drug-likeness (QED) is 0.891. The van der Waals surface area contributed by atoms with Crippen LogP contribution in [0, 0.1) is 6.92 Å². The van der Waals surface area contributed by atoms with Crippen LogP contribution in [0.25, 0.3) is 0 Å². The Kier molecular flexibility index (Phi) is 5.11. The van der Waals surface area contributed by atoms with Crippen LogP contribution in [-0.4, -0.2) is 42.5 Å². The molecular weight excluding hydrogens is 328 g/mol. The lowest BCUT2D eigenvalue weighted by atomic mass is 10.1. The molecular formula is C20H24N4O2. The maximum Gasteiger partial charge on any atom is 0.316 e. The van der Waals surface area contributed by atoms with Gasteiger partial charge in [-0.3, -0.25) is 4.79 Å². The molecule has 1 saturated heterocycles. The summed E-state index contributed by atoms with van der Waals surface area (Å²) < 4.78 is 0. The SMILES string of the molecule is Cc1cccc(N2CCN(C(=O)c3ccc(NC(N)=O)cc3)C[C@@H]2C)c1. The van der Waals surface area contributed by atoms with Crippen molar-refractivity contribution in [3.05, 3.63) is 59.7 Å². The van der Waals surface area contributed by atoms with Crippen molar-refractivity contribution in [1.82, 2.24) is 4.90 Å². The third kappa shape index (κ3) is 3.96. The smallest absolute Gasteiger partial charge is 0.316 e. The lowest BCUT2D eigenvalue weighted by Crippen LogP contribution is -2.53. The summed E-state index contributed by atoms with van der Waals surface area (Å²) in [5.74, 6) is 0.00590. The second kappa shape index (κ2) is 7.47. The van der Waals surface area contributed by atoms with Gasteiger partial charge in [0.25, 0.3) is 5.91 Å². The fraction of sp³-hybridized carbons (Fsp3) is 0.300. The van der Waals surface area contributed by atoms with Crippen molar-refractivity contribution >= 4 is 23.3 Å². The molecule has 1 atom stereocenters. The molecule has 3 amide bonds. The molecule has 0 bridgehead atoms. The van der Waals surface area contributed by atoms with Gasteiger partial charge in [-0.05, 0) is 55.8 Å². The number of nitrogens with zero attached hydrogens (tertiary/aromatic N) is 2. The molecule has 1 fully saturated rings. The first-order chi connectivity index (χ1) is 12.4. The van der Waals surface area contributed by atoms with E-state index in [1.54, 1.807) is 24.3 Å². The Labute approximate surface area is 153 Å². The Morgan fingerprint density at radius 3 is 2.46 bits per heavy atom. The lowest BCUT2D eigenvalue weighted by molar-refractivity contribution is 0.0726. The van der Waals surface area contributed by atoms with E-state index in [9.17, 15) is 9.59 Å². The first-order valence-electron chi connectivity index (χ1n) is 8.73. The molecule has 6 nitrogen and oxygen atoms in total. The predicted octanol–water partition coefficient (Wildman–Crippen LogP) is 2.84. The number of primary amides is 1. The van der Waals surface area contributed by atoms with Crippen molar-refractivity contribution in [3.8, 4) is 0 Å². The number of carbonyl (C=O) groups is 2. The van der Waals surface area contributed by atoms with Gasteiger partial charge < -0.3 is 20.9 Å². The minimum Gasteiger partial charge on any atom is -0.365 e. The number of piperazine rings is 1. The molecule has 26 heavy (non-hydrogen) atoms. The van der Waals surface area contributed by atoms with Gasteiger partial charge in [-0.1, -0.05) is 12.1 Å². The normalized spacial score (nSPS) is 17.1. The van der Waals surface area contributed by atoms with Crippen molar-refractivity contribution in [2.45, 2.75) is 19.9 Å². The van der Waals surface area contributed by atoms with Crippen LogP contribution in [0.2, 0.25) is 0 Å². The van der Waals surface area contributed by atoms with E-state index in [0.29, 0.717) is 24.3 Å². The highest BCUT2D eigenvalue weighted by Crippen LogP contribution is 2.22. The Morgan fingerprint density at radius 1 is 1.12 bits per heavy atom. The summed E-state index contributed by atoms with van der Waals surface area (Å²) in [6.45, 7) is 6.39. The van der Waals surface area contributed by atoms with Gasteiger partial charge in [0.1, 0.15) is 0 Å². The van der Waals surface area contributed by atoms with Gasteiger partial charge in [0.15, 0.2) is 0 Å². The van der Waals surface area contributed by atoms with Crippen LogP contribution in [0.1, 0.15) is 22.8 Å². The molecule has 1 aliphatic rings. The van der Waals surface area contributed by atoms with Crippen LogP contribution >= 0.6 is 0 Å². The van der Waals surface area contributed by atoms with Crippen molar-refractivity contribution in [1.29, 1.82) is 0 Å². The van der Waals surface area contributed by atoms with E-state index in [1.165, 1.54) is 11.3 Å². The summed E-state index contributed by atoms with van der Waals surface area (Å²) in [6, 6.07) is 14.9. The Bertz CT molecular complexity index is 804. The summed E-state index contributed by atoms with van der Waals surface area (Å²) in [5, 5.41) is 2.49. The monoisotopic (exact) mass is 352 g/mol. The number of amides is 3. The molecule has 0 saturated carbocycles. The number of hydrogen-bond donors (Lipinski definition) is 2. The molecule has 6 heteroatoms. The third-order valence-corrected chi connectivity index (χ3v) is 4.65. The number of anilines is 2. The van der Waals surface area contributed by atoms with E-state index in [-0.39, 0.29) is 11.9 Å². The molecule has 0 spiro atoms. The van der Waals surface area contributed by atoms with Crippen LogP contribution < -0.4 is 16.0 Å². The highest BCUT2D eigenvalue weighted by atomic mass is 16.2. The molecule has 2 aromatic rings. The first kappa shape index (κ1) is 17.8. The summed E-state index contributed by atoms with van der Waals surface area (Å²) in [4.78, 5) is 27.9. The summed E-state index contributed by atoms with van der Waals surface area (Å²) in [7, 11) is 0.